The van der Waals surface area contributed by atoms with Gasteiger partial charge in [-0.3, -0.25) is 4.79 Å². The lowest BCUT2D eigenvalue weighted by atomic mass is 9.84. The molecule has 1 saturated carbocycles. The van der Waals surface area contributed by atoms with Gasteiger partial charge in [0, 0.05) is 6.54 Å². The van der Waals surface area contributed by atoms with E-state index in [2.05, 4.69) is 29.8 Å². The number of carboxylic acid groups (broad SMARTS) is 2. The molecule has 0 spiro atoms. The maximum atomic E-state index is 12.7. The average molecular weight is 527 g/mol. The van der Waals surface area contributed by atoms with Crippen LogP contribution in [0.4, 0.5) is 18.0 Å². The third-order valence-electron chi connectivity index (χ3n) is 6.03. The van der Waals surface area contributed by atoms with E-state index < -0.39 is 36.2 Å². The third kappa shape index (κ3) is 15.4. The predicted octanol–water partition coefficient (Wildman–Crippen LogP) is 3.00. The highest BCUT2D eigenvalue weighted by Gasteiger charge is 2.38. The number of aliphatic carboxylic acids is 2. The normalized spacial score (nSPS) is 16.5. The van der Waals surface area contributed by atoms with Gasteiger partial charge in [0.15, 0.2) is 0 Å². The van der Waals surface area contributed by atoms with Crippen LogP contribution < -0.4 is 21.7 Å². The van der Waals surface area contributed by atoms with Gasteiger partial charge in [-0.15, -0.1) is 0 Å². The van der Waals surface area contributed by atoms with Crippen molar-refractivity contribution in [3.63, 3.8) is 0 Å². The van der Waals surface area contributed by atoms with Gasteiger partial charge in [-0.05, 0) is 44.1 Å². The first-order valence-corrected chi connectivity index (χ1v) is 12.4. The SMILES string of the molecule is CCC(C)CNC(=O)[C@@H](CC1CCCCC1)NC(=O)N[C@@H](CCCCN)C(=O)O.O=C(O)C(F)(F)F. The van der Waals surface area contributed by atoms with Crippen LogP contribution in [0.3, 0.4) is 0 Å². The second-order valence-corrected chi connectivity index (χ2v) is 9.15. The topological polar surface area (TPSA) is 171 Å². The minimum absolute atomic E-state index is 0.193. The highest BCUT2D eigenvalue weighted by atomic mass is 19.4. The molecular formula is C23H41F3N4O6. The highest BCUT2D eigenvalue weighted by molar-refractivity contribution is 5.88. The summed E-state index contributed by atoms with van der Waals surface area (Å²) >= 11 is 0. The molecule has 1 rings (SSSR count). The minimum Gasteiger partial charge on any atom is -0.480 e. The second kappa shape index (κ2) is 17.8. The summed E-state index contributed by atoms with van der Waals surface area (Å²) in [5, 5.41) is 24.6. The van der Waals surface area contributed by atoms with E-state index in [9.17, 15) is 32.7 Å². The van der Waals surface area contributed by atoms with Crippen molar-refractivity contribution in [3.05, 3.63) is 0 Å². The molecule has 10 nitrogen and oxygen atoms in total. The summed E-state index contributed by atoms with van der Waals surface area (Å²) in [4.78, 5) is 45.5. The maximum absolute atomic E-state index is 12.7. The minimum atomic E-state index is -5.08. The molecule has 0 bridgehead atoms. The number of hydrogen-bond acceptors (Lipinski definition) is 5. The lowest BCUT2D eigenvalue weighted by molar-refractivity contribution is -0.192. The van der Waals surface area contributed by atoms with Crippen molar-refractivity contribution in [2.45, 2.75) is 96.3 Å². The van der Waals surface area contributed by atoms with Crippen LogP contribution in [0.15, 0.2) is 0 Å². The standard InChI is InChI=1S/C21H40N4O4.C2HF3O2/c1-3-15(2)14-23-19(26)18(13-16-9-5-4-6-10-16)25-21(29)24-17(20(27)28)11-7-8-12-22;3-2(4,5)1(6)7/h15-18H,3-14,22H2,1-2H3,(H,23,26)(H,27,28)(H2,24,25,29);(H,6,7)/t15?,17-,18+;/m0./s1. The smallest absolute Gasteiger partial charge is 0.480 e. The molecule has 3 atom stereocenters. The van der Waals surface area contributed by atoms with Gasteiger partial charge in [0.2, 0.25) is 5.91 Å². The molecule has 1 aliphatic carbocycles. The molecule has 0 saturated heterocycles. The van der Waals surface area contributed by atoms with Crippen LogP contribution in [0.1, 0.15) is 78.1 Å². The molecule has 0 radical (unpaired) electrons. The van der Waals surface area contributed by atoms with E-state index in [1.807, 2.05) is 0 Å². The molecule has 0 aromatic carbocycles. The largest absolute Gasteiger partial charge is 0.490 e. The summed E-state index contributed by atoms with van der Waals surface area (Å²) in [6, 6.07) is -2.25. The molecule has 1 aliphatic rings. The Bertz CT molecular complexity index is 687. The Balaban J connectivity index is 0.00000152. The van der Waals surface area contributed by atoms with Crippen LogP contribution in [0.25, 0.3) is 0 Å². The van der Waals surface area contributed by atoms with Crippen LogP contribution in [0.2, 0.25) is 0 Å². The summed E-state index contributed by atoms with van der Waals surface area (Å²) in [6.07, 6.45) is 3.76. The van der Waals surface area contributed by atoms with Crippen molar-refractivity contribution in [3.8, 4) is 0 Å². The third-order valence-corrected chi connectivity index (χ3v) is 6.03. The van der Waals surface area contributed by atoms with Crippen LogP contribution in [0, 0.1) is 11.8 Å². The van der Waals surface area contributed by atoms with Crippen LogP contribution in [0.5, 0.6) is 0 Å². The van der Waals surface area contributed by atoms with E-state index in [0.717, 1.165) is 32.1 Å². The first-order chi connectivity index (χ1) is 16.8. The molecule has 0 aliphatic heterocycles. The molecule has 13 heteroatoms. The molecule has 1 unspecified atom stereocenters. The van der Waals surface area contributed by atoms with Crippen molar-refractivity contribution in [2.24, 2.45) is 17.6 Å². The number of urea groups is 1. The number of carbonyl (C=O) groups excluding carboxylic acids is 2. The maximum Gasteiger partial charge on any atom is 0.490 e. The number of unbranched alkanes of at least 4 members (excludes halogenated alkanes) is 1. The predicted molar refractivity (Wildman–Crippen MR) is 127 cm³/mol. The fraction of sp³-hybridized carbons (Fsp3) is 0.826. The lowest BCUT2D eigenvalue weighted by Crippen LogP contribution is -2.54. The summed E-state index contributed by atoms with van der Waals surface area (Å²) in [5.74, 6) is -3.26. The summed E-state index contributed by atoms with van der Waals surface area (Å²) in [6.45, 7) is 5.18. The Morgan fingerprint density at radius 2 is 1.56 bits per heavy atom. The zero-order valence-electron chi connectivity index (χ0n) is 21.0. The number of nitrogens with two attached hydrogens (primary N) is 1. The Labute approximate surface area is 209 Å². The van der Waals surface area contributed by atoms with Crippen LogP contribution in [-0.4, -0.2) is 65.4 Å². The monoisotopic (exact) mass is 526 g/mol. The van der Waals surface area contributed by atoms with Crippen molar-refractivity contribution >= 4 is 23.9 Å². The van der Waals surface area contributed by atoms with Crippen molar-refractivity contribution in [1.82, 2.24) is 16.0 Å². The number of nitrogens with one attached hydrogen (secondary N) is 3. The molecule has 3 amide bonds. The van der Waals surface area contributed by atoms with E-state index in [4.69, 9.17) is 15.6 Å². The zero-order valence-corrected chi connectivity index (χ0v) is 21.0. The fourth-order valence-corrected chi connectivity index (χ4v) is 3.64. The summed E-state index contributed by atoms with van der Waals surface area (Å²) < 4.78 is 31.7. The number of carbonyl (C=O) groups is 4. The number of halogens is 3. The molecule has 36 heavy (non-hydrogen) atoms. The van der Waals surface area contributed by atoms with Gasteiger partial charge in [-0.2, -0.15) is 13.2 Å². The number of rotatable bonds is 13. The van der Waals surface area contributed by atoms with Crippen LogP contribution in [-0.2, 0) is 14.4 Å². The average Bonchev–Trinajstić information content (AvgIpc) is 2.81. The van der Waals surface area contributed by atoms with Gasteiger partial charge in [0.1, 0.15) is 12.1 Å². The van der Waals surface area contributed by atoms with Crippen molar-refractivity contribution in [2.75, 3.05) is 13.1 Å². The van der Waals surface area contributed by atoms with Gasteiger partial charge in [-0.25, -0.2) is 14.4 Å². The van der Waals surface area contributed by atoms with E-state index >= 15 is 0 Å². The zero-order chi connectivity index (χ0) is 27.7. The van der Waals surface area contributed by atoms with Gasteiger partial charge in [-0.1, -0.05) is 52.4 Å². The second-order valence-electron chi connectivity index (χ2n) is 9.15. The number of alkyl halides is 3. The Morgan fingerprint density at radius 1 is 1.00 bits per heavy atom. The molecule has 0 heterocycles. The van der Waals surface area contributed by atoms with Gasteiger partial charge < -0.3 is 31.9 Å². The van der Waals surface area contributed by atoms with Crippen LogP contribution >= 0.6 is 0 Å². The molecule has 0 aromatic rings. The van der Waals surface area contributed by atoms with E-state index in [0.29, 0.717) is 50.6 Å². The molecular weight excluding hydrogens is 485 g/mol. The molecule has 1 fully saturated rings. The Hall–Kier alpha value is -2.57. The molecule has 210 valence electrons. The quantitative estimate of drug-likeness (QED) is 0.200. The van der Waals surface area contributed by atoms with E-state index in [1.165, 1.54) is 6.42 Å². The van der Waals surface area contributed by atoms with E-state index in [1.54, 1.807) is 0 Å². The Kier molecular flexibility index (Phi) is 16.5. The molecule has 0 aromatic heterocycles. The van der Waals surface area contributed by atoms with Gasteiger partial charge in [0.25, 0.3) is 0 Å². The number of amides is 3. The lowest BCUT2D eigenvalue weighted by Gasteiger charge is -2.27. The van der Waals surface area contributed by atoms with Gasteiger partial charge in [0.05, 0.1) is 0 Å². The summed E-state index contributed by atoms with van der Waals surface area (Å²) in [5.41, 5.74) is 5.45. The first kappa shape index (κ1) is 33.4. The Morgan fingerprint density at radius 3 is 2.03 bits per heavy atom. The van der Waals surface area contributed by atoms with E-state index in [-0.39, 0.29) is 5.91 Å². The summed E-state index contributed by atoms with van der Waals surface area (Å²) in [7, 11) is 0. The number of hydrogen-bond donors (Lipinski definition) is 6. The fourth-order valence-electron chi connectivity index (χ4n) is 3.64. The molecule has 7 N–H and O–H groups in total. The first-order valence-electron chi connectivity index (χ1n) is 12.4. The highest BCUT2D eigenvalue weighted by Crippen LogP contribution is 2.27. The van der Waals surface area contributed by atoms with Crippen molar-refractivity contribution in [1.29, 1.82) is 0 Å². The van der Waals surface area contributed by atoms with Crippen molar-refractivity contribution < 1.29 is 42.6 Å². The number of carboxylic acids is 2. The van der Waals surface area contributed by atoms with Gasteiger partial charge >= 0.3 is 24.1 Å².